The zero-order chi connectivity index (χ0) is 45.1. The molecule has 3 N–H and O–H groups in total. The third-order valence-corrected chi connectivity index (χ3v) is 11.9. The number of benzene rings is 5. The number of hydrogen-bond acceptors (Lipinski definition) is 5. The third-order valence-electron chi connectivity index (χ3n) is 11.9. The van der Waals surface area contributed by atoms with Crippen molar-refractivity contribution in [1.29, 1.82) is 0 Å². The van der Waals surface area contributed by atoms with Gasteiger partial charge in [0.1, 0.15) is 17.3 Å². The second-order valence-corrected chi connectivity index (χ2v) is 20.7. The number of aromatic hydroxyl groups is 1. The number of rotatable bonds is 6. The normalized spacial score (nSPS) is 16.0. The summed E-state index contributed by atoms with van der Waals surface area (Å²) in [5, 5.41) is 34.6. The van der Waals surface area contributed by atoms with E-state index in [1.807, 2.05) is 12.1 Å². The Morgan fingerprint density at radius 1 is 0.468 bits per heavy atom. The summed E-state index contributed by atoms with van der Waals surface area (Å²) in [7, 11) is 0. The quantitative estimate of drug-likeness (QED) is 0.117. The number of carbonyl (C=O) groups is 1. The molecule has 0 unspecified atom stereocenters. The van der Waals surface area contributed by atoms with Gasteiger partial charge in [0.05, 0.1) is 17.2 Å². The minimum atomic E-state index is -0.464. The first-order chi connectivity index (χ1) is 28.9. The third kappa shape index (κ3) is 8.56. The van der Waals surface area contributed by atoms with Crippen LogP contribution in [0.2, 0.25) is 0 Å². The average Bonchev–Trinajstić information content (AvgIpc) is 3.19. The average molecular weight is 826 g/mol. The number of hydrogen-bond donors (Lipinski definition) is 3. The first-order valence-electron chi connectivity index (χ1n) is 21.5. The molecule has 318 valence electrons. The molecule has 0 amide bonds. The fourth-order valence-corrected chi connectivity index (χ4v) is 7.98. The Morgan fingerprint density at radius 2 is 0.855 bits per heavy atom. The molecule has 6 heteroatoms. The molecule has 0 aromatic heterocycles. The number of Topliss-reactive ketones (excluding diaryl/α,β-unsaturated/α-hetero) is 1. The van der Waals surface area contributed by atoms with Gasteiger partial charge in [-0.05, 0) is 86.4 Å². The summed E-state index contributed by atoms with van der Waals surface area (Å²) in [6.45, 7) is 26.2. The number of phenolic OH excluding ortho intramolecular Hbond substituents is 1. The van der Waals surface area contributed by atoms with E-state index < -0.39 is 5.78 Å². The molecular formula is C56H61N2O4+. The Labute approximate surface area is 368 Å². The van der Waals surface area contributed by atoms with Crippen molar-refractivity contribution in [1.82, 2.24) is 4.58 Å². The summed E-state index contributed by atoms with van der Waals surface area (Å²) in [6, 6.07) is 38.8. The predicted octanol–water partition coefficient (Wildman–Crippen LogP) is 14.2. The number of allylic oxidation sites excluding steroid dienone is 5. The van der Waals surface area contributed by atoms with Crippen LogP contribution in [0, 0.1) is 0 Å². The molecule has 0 saturated heterocycles. The van der Waals surface area contributed by atoms with Crippen molar-refractivity contribution in [3.8, 4) is 5.75 Å². The van der Waals surface area contributed by atoms with Crippen molar-refractivity contribution in [2.75, 3.05) is 4.90 Å². The summed E-state index contributed by atoms with van der Waals surface area (Å²) in [5.41, 5.74) is 10.2. The first-order valence-corrected chi connectivity index (χ1v) is 21.5. The Bertz CT molecular complexity index is 2580. The number of anilines is 3. The maximum Gasteiger partial charge on any atom is 0.215 e. The number of carbonyl (C=O) groups excluding carboxylic acids is 1. The zero-order valence-electron chi connectivity index (χ0n) is 38.3. The number of nitrogens with zero attached hydrogens (tertiary/aromatic N) is 2. The lowest BCUT2D eigenvalue weighted by molar-refractivity contribution is -0.111. The highest BCUT2D eigenvalue weighted by Crippen LogP contribution is 2.45. The second kappa shape index (κ2) is 15.8. The van der Waals surface area contributed by atoms with Gasteiger partial charge in [0.2, 0.25) is 22.9 Å². The van der Waals surface area contributed by atoms with E-state index >= 15 is 0 Å². The molecular weight excluding hydrogens is 765 g/mol. The van der Waals surface area contributed by atoms with Crippen LogP contribution in [0.4, 0.5) is 28.4 Å². The highest BCUT2D eigenvalue weighted by atomic mass is 16.3. The highest BCUT2D eigenvalue weighted by molar-refractivity contribution is 6.40. The van der Waals surface area contributed by atoms with Gasteiger partial charge in [0.15, 0.2) is 0 Å². The molecule has 0 spiro atoms. The fourth-order valence-electron chi connectivity index (χ4n) is 7.98. The monoisotopic (exact) mass is 825 g/mol. The molecule has 0 atom stereocenters. The molecule has 2 aliphatic carbocycles. The van der Waals surface area contributed by atoms with E-state index in [9.17, 15) is 20.1 Å². The maximum atomic E-state index is 14.0. The molecule has 62 heavy (non-hydrogen) atoms. The van der Waals surface area contributed by atoms with Crippen molar-refractivity contribution in [2.24, 2.45) is 0 Å². The molecule has 5 aromatic rings. The van der Waals surface area contributed by atoms with Crippen LogP contribution in [-0.2, 0) is 26.5 Å². The van der Waals surface area contributed by atoms with E-state index in [0.29, 0.717) is 11.4 Å². The SMILES string of the molecule is CC(C)(C)c1ccc(N(c2ccc(C(C)(C)C)cc2)c2ccc(C3=C(O)/C(=C4\C=CC(=[N+](c5ccc(C(C)(C)C)cc5)c5ccc(C(C)(C)C)cc5)C=C4O)C3=O)c(O)c2)cc1. The lowest BCUT2D eigenvalue weighted by Gasteiger charge is -2.29. The largest absolute Gasteiger partial charge is 0.507 e. The second-order valence-electron chi connectivity index (χ2n) is 20.7. The van der Waals surface area contributed by atoms with Crippen molar-refractivity contribution in [2.45, 2.75) is 105 Å². The summed E-state index contributed by atoms with van der Waals surface area (Å²) in [4.78, 5) is 16.0. The fraction of sp³-hybridized carbons (Fsp3) is 0.286. The van der Waals surface area contributed by atoms with E-state index in [4.69, 9.17) is 0 Å². The summed E-state index contributed by atoms with van der Waals surface area (Å²) in [5.74, 6) is -1.04. The summed E-state index contributed by atoms with van der Waals surface area (Å²) < 4.78 is 2.07. The number of ketones is 1. The highest BCUT2D eigenvalue weighted by Gasteiger charge is 2.40. The van der Waals surface area contributed by atoms with Crippen LogP contribution in [0.3, 0.4) is 0 Å². The lowest BCUT2D eigenvalue weighted by Crippen LogP contribution is -2.25. The molecule has 5 aromatic carbocycles. The minimum Gasteiger partial charge on any atom is -0.507 e. The van der Waals surface area contributed by atoms with Crippen LogP contribution in [0.25, 0.3) is 5.57 Å². The zero-order valence-corrected chi connectivity index (χ0v) is 38.3. The van der Waals surface area contributed by atoms with Gasteiger partial charge in [-0.15, -0.1) is 0 Å². The molecule has 0 saturated carbocycles. The van der Waals surface area contributed by atoms with Crippen LogP contribution < -0.4 is 9.48 Å². The summed E-state index contributed by atoms with van der Waals surface area (Å²) in [6.07, 6.45) is 5.14. The van der Waals surface area contributed by atoms with Gasteiger partial charge < -0.3 is 20.2 Å². The van der Waals surface area contributed by atoms with E-state index in [0.717, 1.165) is 22.7 Å². The van der Waals surface area contributed by atoms with Gasteiger partial charge in [-0.3, -0.25) is 4.79 Å². The lowest BCUT2D eigenvalue weighted by atomic mass is 9.79. The van der Waals surface area contributed by atoms with Crippen molar-refractivity contribution < 1.29 is 20.1 Å². The van der Waals surface area contributed by atoms with E-state index in [2.05, 4.69) is 190 Å². The Morgan fingerprint density at radius 3 is 1.21 bits per heavy atom. The minimum absolute atomic E-state index is 0.00244. The first kappa shape index (κ1) is 43.7. The molecule has 0 radical (unpaired) electrons. The molecule has 2 aliphatic rings. The smallest absolute Gasteiger partial charge is 0.215 e. The molecule has 7 rings (SSSR count). The van der Waals surface area contributed by atoms with Crippen molar-refractivity contribution >= 4 is 45.5 Å². The van der Waals surface area contributed by atoms with E-state index in [1.165, 1.54) is 22.3 Å². The summed E-state index contributed by atoms with van der Waals surface area (Å²) >= 11 is 0. The van der Waals surface area contributed by atoms with Gasteiger partial charge in [-0.25, -0.2) is 0 Å². The molecule has 0 aliphatic heterocycles. The predicted molar refractivity (Wildman–Crippen MR) is 258 cm³/mol. The molecule has 6 nitrogen and oxygen atoms in total. The molecule has 0 fully saturated rings. The standard InChI is InChI=1S/C56H60N2O4/c1-53(2,3)35-13-21-39(22-14-35)57(40-23-15-36(16-24-40)54(4,5)6)43-29-31-45(47(59)33-43)49-51(61)50(52(49)62)46-32-30-44(34-48(46)60)58(41-25-17-37(18-26-41)55(7,8)9)42-27-19-38(20-28-42)56(10,11)12/h13-34H,1-12H3,(H2,59,60,61,62)/p+1. The molecule has 0 bridgehead atoms. The Kier molecular flexibility index (Phi) is 11.1. The van der Waals surface area contributed by atoms with Crippen molar-refractivity contribution in [3.63, 3.8) is 0 Å². The topological polar surface area (TPSA) is 84.0 Å². The van der Waals surface area contributed by atoms with E-state index in [1.54, 1.807) is 24.3 Å². The van der Waals surface area contributed by atoms with E-state index in [-0.39, 0.29) is 61.2 Å². The Hall–Kier alpha value is -6.40. The van der Waals surface area contributed by atoms with Gasteiger partial charge in [0.25, 0.3) is 0 Å². The van der Waals surface area contributed by atoms with Crippen molar-refractivity contribution in [3.05, 3.63) is 184 Å². The van der Waals surface area contributed by atoms with Crippen LogP contribution in [0.15, 0.2) is 156 Å². The Balaban J connectivity index is 1.25. The van der Waals surface area contributed by atoms with Gasteiger partial charge in [0, 0.05) is 64.6 Å². The number of phenols is 1. The van der Waals surface area contributed by atoms with Gasteiger partial charge >= 0.3 is 0 Å². The van der Waals surface area contributed by atoms with Crippen LogP contribution >= 0.6 is 0 Å². The van der Waals surface area contributed by atoms with Crippen LogP contribution in [-0.4, -0.2) is 26.8 Å². The van der Waals surface area contributed by atoms with Gasteiger partial charge in [-0.2, -0.15) is 4.58 Å². The number of aliphatic hydroxyl groups is 2. The maximum absolute atomic E-state index is 14.0. The molecule has 0 heterocycles. The van der Waals surface area contributed by atoms with Gasteiger partial charge in [-0.1, -0.05) is 132 Å². The van der Waals surface area contributed by atoms with Crippen LogP contribution in [0.1, 0.15) is 111 Å². The number of aliphatic hydroxyl groups excluding tert-OH is 2. The van der Waals surface area contributed by atoms with Crippen LogP contribution in [0.5, 0.6) is 5.75 Å².